The predicted molar refractivity (Wildman–Crippen MR) is 94.4 cm³/mol. The fourth-order valence-corrected chi connectivity index (χ4v) is 2.97. The third-order valence-corrected chi connectivity index (χ3v) is 4.20. The highest BCUT2D eigenvalue weighted by Crippen LogP contribution is 2.50. The van der Waals surface area contributed by atoms with Gasteiger partial charge in [0.15, 0.2) is 0 Å². The van der Waals surface area contributed by atoms with Crippen molar-refractivity contribution >= 4 is 12.0 Å². The van der Waals surface area contributed by atoms with E-state index >= 15 is 0 Å². The minimum absolute atomic E-state index is 0.0363. The van der Waals surface area contributed by atoms with Crippen LogP contribution in [-0.2, 0) is 15.1 Å². The number of carbonyl (C=O) groups excluding carboxylic acids is 1. The molecule has 2 heterocycles. The molecular weight excluding hydrogens is 377 g/mol. The highest BCUT2D eigenvalue weighted by atomic mass is 19.4. The number of halogens is 3. The number of hydrogen-bond acceptors (Lipinski definition) is 6. The molecule has 3 rings (SSSR count). The van der Waals surface area contributed by atoms with E-state index < -0.39 is 23.2 Å². The van der Waals surface area contributed by atoms with Crippen molar-refractivity contribution in [2.75, 3.05) is 20.7 Å². The first kappa shape index (κ1) is 19.7. The summed E-state index contributed by atoms with van der Waals surface area (Å²) in [6.45, 7) is 2.57. The van der Waals surface area contributed by atoms with Gasteiger partial charge in [0.25, 0.3) is 11.6 Å². The third-order valence-electron chi connectivity index (χ3n) is 4.20. The minimum Gasteiger partial charge on any atom is -0.464 e. The van der Waals surface area contributed by atoms with Crippen LogP contribution < -0.4 is 4.74 Å². The number of fused-ring (bicyclic) bond motifs is 1. The molecule has 1 aromatic heterocycles. The monoisotopic (exact) mass is 396 g/mol. The van der Waals surface area contributed by atoms with Crippen molar-refractivity contribution in [2.45, 2.75) is 25.6 Å². The molecule has 0 N–H and O–H groups in total. The maximum atomic E-state index is 14.4. The number of aliphatic imine (C=N–C) groups is 1. The SMILES string of the molecule is CCOC(=O)[C@@]1(C(F)(F)F)N=C(N(C)C)Oc2c1c(C)nn2-c1ccccc1. The highest BCUT2D eigenvalue weighted by molar-refractivity contribution is 5.92. The number of para-hydroxylation sites is 1. The molecule has 1 aliphatic rings. The number of aryl methyl sites for hydroxylation is 1. The summed E-state index contributed by atoms with van der Waals surface area (Å²) in [5, 5.41) is 4.20. The number of ether oxygens (including phenoxy) is 2. The second-order valence-corrected chi connectivity index (χ2v) is 6.33. The van der Waals surface area contributed by atoms with Gasteiger partial charge >= 0.3 is 12.1 Å². The van der Waals surface area contributed by atoms with Crippen LogP contribution in [0.1, 0.15) is 18.2 Å². The van der Waals surface area contributed by atoms with Crippen LogP contribution >= 0.6 is 0 Å². The summed E-state index contributed by atoms with van der Waals surface area (Å²) >= 11 is 0. The summed E-state index contributed by atoms with van der Waals surface area (Å²) in [5.41, 5.74) is -3.31. The number of amidine groups is 1. The largest absolute Gasteiger partial charge is 0.464 e. The normalized spacial score (nSPS) is 18.8. The first-order chi connectivity index (χ1) is 13.1. The predicted octanol–water partition coefficient (Wildman–Crippen LogP) is 2.81. The van der Waals surface area contributed by atoms with Crippen LogP contribution in [0.25, 0.3) is 5.69 Å². The molecule has 0 spiro atoms. The lowest BCUT2D eigenvalue weighted by atomic mass is 9.89. The molecule has 0 amide bonds. The van der Waals surface area contributed by atoms with Gasteiger partial charge in [-0.25, -0.2) is 14.5 Å². The Bertz CT molecular complexity index is 922. The number of benzene rings is 1. The number of rotatable bonds is 3. The molecule has 0 saturated heterocycles. The van der Waals surface area contributed by atoms with E-state index in [4.69, 9.17) is 9.47 Å². The Hall–Kier alpha value is -3.04. The smallest absolute Gasteiger partial charge is 0.429 e. The van der Waals surface area contributed by atoms with Crippen molar-refractivity contribution in [3.05, 3.63) is 41.6 Å². The molecular formula is C18H19F3N4O3. The van der Waals surface area contributed by atoms with Gasteiger partial charge in [-0.05, 0) is 26.0 Å². The molecule has 1 atom stereocenters. The zero-order valence-electron chi connectivity index (χ0n) is 15.7. The molecule has 0 radical (unpaired) electrons. The van der Waals surface area contributed by atoms with Crippen LogP contribution in [-0.4, -0.2) is 53.5 Å². The van der Waals surface area contributed by atoms with Crippen molar-refractivity contribution in [3.63, 3.8) is 0 Å². The Morgan fingerprint density at radius 3 is 2.46 bits per heavy atom. The van der Waals surface area contributed by atoms with Gasteiger partial charge in [0, 0.05) is 14.1 Å². The van der Waals surface area contributed by atoms with Gasteiger partial charge in [-0.15, -0.1) is 0 Å². The minimum atomic E-state index is -5.08. The highest BCUT2D eigenvalue weighted by Gasteiger charge is 2.68. The van der Waals surface area contributed by atoms with Crippen molar-refractivity contribution in [1.82, 2.24) is 14.7 Å². The van der Waals surface area contributed by atoms with E-state index in [1.165, 1.54) is 37.5 Å². The summed E-state index contributed by atoms with van der Waals surface area (Å²) in [6, 6.07) is 8.14. The number of alkyl halides is 3. The van der Waals surface area contributed by atoms with Crippen LogP contribution in [0.2, 0.25) is 0 Å². The Labute approximate surface area is 159 Å². The molecule has 0 fully saturated rings. The third kappa shape index (κ3) is 2.88. The summed E-state index contributed by atoms with van der Waals surface area (Å²) < 4.78 is 54.7. The first-order valence-corrected chi connectivity index (χ1v) is 8.48. The van der Waals surface area contributed by atoms with Gasteiger partial charge in [0.2, 0.25) is 5.88 Å². The standard InChI is InChI=1S/C18H19F3N4O3/c1-5-27-15(26)17(18(19,20)21)13-11(2)23-25(12-9-7-6-8-10-12)14(13)28-16(22-17)24(3)4/h6-10H,5H2,1-4H3/t17-/m0/s1. The van der Waals surface area contributed by atoms with E-state index in [0.29, 0.717) is 5.69 Å². The fourth-order valence-electron chi connectivity index (χ4n) is 2.97. The second-order valence-electron chi connectivity index (χ2n) is 6.33. The zero-order chi connectivity index (χ0) is 20.7. The van der Waals surface area contributed by atoms with E-state index in [2.05, 4.69) is 10.1 Å². The summed E-state index contributed by atoms with van der Waals surface area (Å²) in [6.07, 6.45) is -5.08. The van der Waals surface area contributed by atoms with E-state index in [1.54, 1.807) is 30.3 Å². The molecule has 7 nitrogen and oxygen atoms in total. The Morgan fingerprint density at radius 2 is 1.93 bits per heavy atom. The lowest BCUT2D eigenvalue weighted by Crippen LogP contribution is -2.53. The van der Waals surface area contributed by atoms with Crippen molar-refractivity contribution in [2.24, 2.45) is 4.99 Å². The molecule has 1 aliphatic heterocycles. The van der Waals surface area contributed by atoms with E-state index in [1.807, 2.05) is 0 Å². The summed E-state index contributed by atoms with van der Waals surface area (Å²) in [7, 11) is 2.93. The average Bonchev–Trinajstić information content (AvgIpc) is 2.98. The maximum Gasteiger partial charge on any atom is 0.429 e. The van der Waals surface area contributed by atoms with Gasteiger partial charge < -0.3 is 14.4 Å². The molecule has 1 aromatic carbocycles. The molecule has 0 saturated carbocycles. The lowest BCUT2D eigenvalue weighted by molar-refractivity contribution is -0.209. The maximum absolute atomic E-state index is 14.4. The van der Waals surface area contributed by atoms with Crippen molar-refractivity contribution in [1.29, 1.82) is 0 Å². The van der Waals surface area contributed by atoms with Crippen LogP contribution in [0.15, 0.2) is 35.3 Å². The Kier molecular flexibility index (Phi) is 4.82. The van der Waals surface area contributed by atoms with Gasteiger partial charge in [-0.2, -0.15) is 18.3 Å². The quantitative estimate of drug-likeness (QED) is 0.747. The fraction of sp³-hybridized carbons (Fsp3) is 0.389. The van der Waals surface area contributed by atoms with Crippen LogP contribution in [0, 0.1) is 6.92 Å². The molecule has 0 aliphatic carbocycles. The van der Waals surface area contributed by atoms with Crippen molar-refractivity contribution < 1.29 is 27.4 Å². The molecule has 0 bridgehead atoms. The lowest BCUT2D eigenvalue weighted by Gasteiger charge is -2.34. The summed E-state index contributed by atoms with van der Waals surface area (Å²) in [5.74, 6) is -1.75. The Morgan fingerprint density at radius 1 is 1.29 bits per heavy atom. The van der Waals surface area contributed by atoms with Crippen LogP contribution in [0.4, 0.5) is 13.2 Å². The molecule has 10 heteroatoms. The number of aromatic nitrogens is 2. The molecule has 2 aromatic rings. The average molecular weight is 396 g/mol. The van der Waals surface area contributed by atoms with Gasteiger partial charge in [0.1, 0.15) is 0 Å². The van der Waals surface area contributed by atoms with Gasteiger partial charge in [0.05, 0.1) is 23.6 Å². The zero-order valence-corrected chi connectivity index (χ0v) is 15.7. The molecule has 150 valence electrons. The number of carbonyl (C=O) groups is 1. The van der Waals surface area contributed by atoms with Gasteiger partial charge in [-0.1, -0.05) is 18.2 Å². The van der Waals surface area contributed by atoms with E-state index in [0.717, 1.165) is 0 Å². The second kappa shape index (κ2) is 6.84. The Balaban J connectivity index is 2.37. The van der Waals surface area contributed by atoms with E-state index in [-0.39, 0.29) is 24.2 Å². The number of esters is 1. The topological polar surface area (TPSA) is 68.9 Å². The van der Waals surface area contributed by atoms with Crippen LogP contribution in [0.3, 0.4) is 0 Å². The first-order valence-electron chi connectivity index (χ1n) is 8.48. The van der Waals surface area contributed by atoms with Crippen molar-refractivity contribution in [3.8, 4) is 11.6 Å². The molecule has 28 heavy (non-hydrogen) atoms. The molecule has 0 unspecified atom stereocenters. The van der Waals surface area contributed by atoms with Crippen LogP contribution in [0.5, 0.6) is 5.88 Å². The van der Waals surface area contributed by atoms with E-state index in [9.17, 15) is 18.0 Å². The summed E-state index contributed by atoms with van der Waals surface area (Å²) in [4.78, 5) is 17.6. The number of nitrogens with zero attached hydrogens (tertiary/aromatic N) is 4. The van der Waals surface area contributed by atoms with Gasteiger partial charge in [-0.3, -0.25) is 0 Å². The number of hydrogen-bond donors (Lipinski definition) is 0.